The molecule has 1 heteroatoms. The lowest BCUT2D eigenvalue weighted by Gasteiger charge is -2.03. The number of benzene rings is 1. The third-order valence-electron chi connectivity index (χ3n) is 1.82. The molecule has 53 valence electrons. The fraction of sp³-hybridized carbons (Fsp3) is 0.333. The largest absolute Gasteiger partial charge is 0.288 e. The summed E-state index contributed by atoms with van der Waals surface area (Å²) in [6.45, 7) is 4.20. The van der Waals surface area contributed by atoms with Crippen LogP contribution in [0.4, 0.5) is 5.69 Å². The highest BCUT2D eigenvalue weighted by Crippen LogP contribution is 2.16. The predicted octanol–water partition coefficient (Wildman–Crippen LogP) is 2.17. The van der Waals surface area contributed by atoms with Crippen molar-refractivity contribution in [1.82, 2.24) is 5.32 Å². The third kappa shape index (κ3) is 1.13. The molecule has 0 aromatic heterocycles. The Kier molecular flexibility index (Phi) is 1.95. The number of hydrogen-bond donors (Lipinski definition) is 0. The number of rotatable bonds is 1. The van der Waals surface area contributed by atoms with Gasteiger partial charge in [0.05, 0.1) is 5.69 Å². The summed E-state index contributed by atoms with van der Waals surface area (Å²) in [7, 11) is 1.82. The zero-order valence-electron chi connectivity index (χ0n) is 6.68. The van der Waals surface area contributed by atoms with Crippen molar-refractivity contribution in [3.63, 3.8) is 0 Å². The second-order valence-electron chi connectivity index (χ2n) is 2.44. The Balaban J connectivity index is 3.14. The van der Waals surface area contributed by atoms with Crippen LogP contribution in [0.15, 0.2) is 18.2 Å². The Morgan fingerprint density at radius 2 is 1.90 bits per heavy atom. The first-order chi connectivity index (χ1) is 4.75. The summed E-state index contributed by atoms with van der Waals surface area (Å²) in [5, 5.41) is 4.13. The monoisotopic (exact) mass is 134 g/mol. The predicted molar refractivity (Wildman–Crippen MR) is 43.6 cm³/mol. The molecule has 0 N–H and O–H groups in total. The summed E-state index contributed by atoms with van der Waals surface area (Å²) in [4.78, 5) is 0. The van der Waals surface area contributed by atoms with Crippen molar-refractivity contribution >= 4 is 5.69 Å². The van der Waals surface area contributed by atoms with E-state index in [2.05, 4.69) is 25.2 Å². The molecule has 1 nitrogen and oxygen atoms in total. The van der Waals surface area contributed by atoms with Crippen molar-refractivity contribution in [2.24, 2.45) is 0 Å². The second kappa shape index (κ2) is 2.74. The van der Waals surface area contributed by atoms with Gasteiger partial charge in [0, 0.05) is 7.05 Å². The number of aryl methyl sites for hydroxylation is 1. The third-order valence-corrected chi connectivity index (χ3v) is 1.82. The minimum atomic E-state index is 1.10. The summed E-state index contributed by atoms with van der Waals surface area (Å²) in [5.74, 6) is 0. The second-order valence-corrected chi connectivity index (χ2v) is 2.44. The Morgan fingerprint density at radius 3 is 2.40 bits per heavy atom. The van der Waals surface area contributed by atoms with E-state index in [1.807, 2.05) is 19.2 Å². The summed E-state index contributed by atoms with van der Waals surface area (Å²) in [6.07, 6.45) is 0. The van der Waals surface area contributed by atoms with Gasteiger partial charge in [0.25, 0.3) is 0 Å². The van der Waals surface area contributed by atoms with E-state index in [0.29, 0.717) is 0 Å². The summed E-state index contributed by atoms with van der Waals surface area (Å²) in [5.41, 5.74) is 3.69. The fourth-order valence-electron chi connectivity index (χ4n) is 0.978. The minimum absolute atomic E-state index is 1.10. The van der Waals surface area contributed by atoms with E-state index in [0.717, 1.165) is 5.69 Å². The molecule has 0 unspecified atom stereocenters. The van der Waals surface area contributed by atoms with Gasteiger partial charge >= 0.3 is 0 Å². The maximum absolute atomic E-state index is 4.13. The van der Waals surface area contributed by atoms with Crippen LogP contribution in [0, 0.1) is 13.8 Å². The Morgan fingerprint density at radius 1 is 1.20 bits per heavy atom. The topological polar surface area (TPSA) is 14.1 Å². The molecule has 10 heavy (non-hydrogen) atoms. The van der Waals surface area contributed by atoms with E-state index >= 15 is 0 Å². The molecule has 0 atom stereocenters. The Hall–Kier alpha value is -0.980. The standard InChI is InChI=1S/C9H12N/c1-7-5-4-6-9(10-3)8(7)2/h4-6H,1-3H3. The highest BCUT2D eigenvalue weighted by atomic mass is 14.8. The van der Waals surface area contributed by atoms with Gasteiger partial charge in [0.1, 0.15) is 0 Å². The van der Waals surface area contributed by atoms with Crippen LogP contribution in [-0.2, 0) is 0 Å². The van der Waals surface area contributed by atoms with Gasteiger partial charge in [-0.1, -0.05) is 12.1 Å². The van der Waals surface area contributed by atoms with Crippen molar-refractivity contribution in [1.29, 1.82) is 0 Å². The molecule has 0 saturated heterocycles. The smallest absolute Gasteiger partial charge is 0.0602 e. The highest BCUT2D eigenvalue weighted by molar-refractivity contribution is 5.47. The van der Waals surface area contributed by atoms with Crippen LogP contribution in [0.3, 0.4) is 0 Å². The normalized spacial score (nSPS) is 9.50. The van der Waals surface area contributed by atoms with E-state index in [1.165, 1.54) is 11.1 Å². The van der Waals surface area contributed by atoms with Gasteiger partial charge in [-0.25, -0.2) is 0 Å². The minimum Gasteiger partial charge on any atom is -0.288 e. The maximum Gasteiger partial charge on any atom is 0.0602 e. The molecule has 0 amide bonds. The molecule has 1 rings (SSSR count). The molecule has 1 radical (unpaired) electrons. The average molecular weight is 134 g/mol. The zero-order valence-corrected chi connectivity index (χ0v) is 6.68. The first kappa shape index (κ1) is 7.13. The van der Waals surface area contributed by atoms with Gasteiger partial charge in [-0.15, -0.1) is 0 Å². The lowest BCUT2D eigenvalue weighted by atomic mass is 10.1. The summed E-state index contributed by atoms with van der Waals surface area (Å²) >= 11 is 0. The van der Waals surface area contributed by atoms with Crippen LogP contribution in [-0.4, -0.2) is 7.05 Å². The highest BCUT2D eigenvalue weighted by Gasteiger charge is 1.96. The lowest BCUT2D eigenvalue weighted by Crippen LogP contribution is -1.91. The van der Waals surface area contributed by atoms with E-state index in [9.17, 15) is 0 Å². The first-order valence-corrected chi connectivity index (χ1v) is 3.41. The molecular weight excluding hydrogens is 122 g/mol. The van der Waals surface area contributed by atoms with Gasteiger partial charge in [0.15, 0.2) is 0 Å². The van der Waals surface area contributed by atoms with Gasteiger partial charge in [-0.3, -0.25) is 5.32 Å². The van der Waals surface area contributed by atoms with Crippen molar-refractivity contribution in [3.8, 4) is 0 Å². The van der Waals surface area contributed by atoms with Crippen molar-refractivity contribution in [3.05, 3.63) is 29.3 Å². The molecule has 0 aliphatic rings. The van der Waals surface area contributed by atoms with Crippen LogP contribution in [0.2, 0.25) is 0 Å². The molecule has 0 spiro atoms. The van der Waals surface area contributed by atoms with Crippen LogP contribution in [0.5, 0.6) is 0 Å². The van der Waals surface area contributed by atoms with Crippen molar-refractivity contribution in [2.45, 2.75) is 13.8 Å². The lowest BCUT2D eigenvalue weighted by molar-refractivity contribution is 1.06. The summed E-state index contributed by atoms with van der Waals surface area (Å²) in [6, 6.07) is 6.16. The maximum atomic E-state index is 4.13. The van der Waals surface area contributed by atoms with Crippen LogP contribution in [0.25, 0.3) is 0 Å². The molecule has 0 saturated carbocycles. The zero-order chi connectivity index (χ0) is 7.56. The molecule has 1 aromatic carbocycles. The fourth-order valence-corrected chi connectivity index (χ4v) is 0.978. The molecule has 0 aliphatic carbocycles. The number of hydrogen-bond acceptors (Lipinski definition) is 0. The van der Waals surface area contributed by atoms with E-state index in [1.54, 1.807) is 0 Å². The molecule has 0 heterocycles. The van der Waals surface area contributed by atoms with Crippen molar-refractivity contribution < 1.29 is 0 Å². The van der Waals surface area contributed by atoms with Gasteiger partial charge in [-0.2, -0.15) is 0 Å². The molecule has 0 aliphatic heterocycles. The number of nitrogens with zero attached hydrogens (tertiary/aromatic N) is 1. The molecule has 0 bridgehead atoms. The van der Waals surface area contributed by atoms with Gasteiger partial charge in [0.2, 0.25) is 0 Å². The SMILES string of the molecule is C[N]c1cccc(C)c1C. The van der Waals surface area contributed by atoms with Crippen LogP contribution in [0.1, 0.15) is 11.1 Å². The van der Waals surface area contributed by atoms with Crippen LogP contribution >= 0.6 is 0 Å². The summed E-state index contributed by atoms with van der Waals surface area (Å²) < 4.78 is 0. The first-order valence-electron chi connectivity index (χ1n) is 3.41. The van der Waals surface area contributed by atoms with E-state index in [4.69, 9.17) is 0 Å². The quantitative estimate of drug-likeness (QED) is 0.559. The van der Waals surface area contributed by atoms with Crippen molar-refractivity contribution in [2.75, 3.05) is 7.05 Å². The Bertz CT molecular complexity index is 228. The molecular formula is C9H12N. The van der Waals surface area contributed by atoms with Gasteiger partial charge < -0.3 is 0 Å². The molecule has 1 aromatic rings. The van der Waals surface area contributed by atoms with E-state index < -0.39 is 0 Å². The van der Waals surface area contributed by atoms with E-state index in [-0.39, 0.29) is 0 Å². The Labute approximate surface area is 62.1 Å². The van der Waals surface area contributed by atoms with Gasteiger partial charge in [-0.05, 0) is 31.0 Å². The van der Waals surface area contributed by atoms with Crippen LogP contribution < -0.4 is 5.32 Å². The molecule has 0 fully saturated rings. The average Bonchev–Trinajstić information content (AvgIpc) is 1.95.